The number of hydrogen-bond donors (Lipinski definition) is 1. The number of carbonyl (C=O) groups is 1. The van der Waals surface area contributed by atoms with Gasteiger partial charge in [-0.05, 0) is 37.3 Å². The molecule has 2 aromatic rings. The molecule has 138 valence electrons. The minimum absolute atomic E-state index is 0.0313. The van der Waals surface area contributed by atoms with Crippen molar-refractivity contribution in [3.05, 3.63) is 60.8 Å². The van der Waals surface area contributed by atoms with E-state index < -0.39 is 17.8 Å². The Morgan fingerprint density at radius 2 is 1.88 bits per heavy atom. The normalized spacial score (nSPS) is 12.2. The zero-order valence-corrected chi connectivity index (χ0v) is 13.9. The van der Waals surface area contributed by atoms with Crippen molar-refractivity contribution in [2.75, 3.05) is 6.54 Å². The molecule has 1 heterocycles. The van der Waals surface area contributed by atoms with E-state index in [1.807, 2.05) is 0 Å². The fourth-order valence-electron chi connectivity index (χ4n) is 1.89. The van der Waals surface area contributed by atoms with Crippen molar-refractivity contribution in [3.63, 3.8) is 0 Å². The molecule has 2 rings (SSSR count). The van der Waals surface area contributed by atoms with Gasteiger partial charge in [0.1, 0.15) is 11.5 Å². The highest BCUT2D eigenvalue weighted by Gasteiger charge is 2.30. The Labute approximate surface area is 148 Å². The lowest BCUT2D eigenvalue weighted by Gasteiger charge is -2.14. The summed E-state index contributed by atoms with van der Waals surface area (Å²) in [4.78, 5) is 15.3. The zero-order valence-electron chi connectivity index (χ0n) is 13.9. The molecule has 1 atom stereocenters. The molecular weight excluding hydrogens is 349 g/mol. The molecule has 8 heteroatoms. The van der Waals surface area contributed by atoms with Gasteiger partial charge in [-0.1, -0.05) is 6.08 Å². The summed E-state index contributed by atoms with van der Waals surface area (Å²) < 4.78 is 48.3. The standard InChI is InChI=1S/C18H17F3N2O3/c1-3-10-22-17(24)12(2)25-14-5-7-15(8-6-14)26-16-9-4-13(11-23-16)18(19,20)21/h3-9,11-12H,1,10H2,2H3,(H,22,24). The first kappa shape index (κ1) is 19.3. The summed E-state index contributed by atoms with van der Waals surface area (Å²) in [6.07, 6.45) is -2.88. The average molecular weight is 366 g/mol. The number of ether oxygens (including phenoxy) is 2. The Morgan fingerprint density at radius 3 is 2.42 bits per heavy atom. The van der Waals surface area contributed by atoms with Crippen molar-refractivity contribution >= 4 is 5.91 Å². The summed E-state index contributed by atoms with van der Waals surface area (Å²) in [5.41, 5.74) is -0.850. The maximum Gasteiger partial charge on any atom is 0.417 e. The number of rotatable bonds is 7. The summed E-state index contributed by atoms with van der Waals surface area (Å²) in [6, 6.07) is 8.31. The van der Waals surface area contributed by atoms with Crippen molar-refractivity contribution in [2.24, 2.45) is 0 Å². The van der Waals surface area contributed by atoms with E-state index in [1.54, 1.807) is 37.3 Å². The van der Waals surface area contributed by atoms with Crippen LogP contribution in [0.25, 0.3) is 0 Å². The van der Waals surface area contributed by atoms with E-state index in [4.69, 9.17) is 9.47 Å². The van der Waals surface area contributed by atoms with Crippen molar-refractivity contribution < 1.29 is 27.4 Å². The highest BCUT2D eigenvalue weighted by molar-refractivity contribution is 5.80. The monoisotopic (exact) mass is 366 g/mol. The molecule has 5 nitrogen and oxygen atoms in total. The molecule has 1 unspecified atom stereocenters. The fraction of sp³-hybridized carbons (Fsp3) is 0.222. The zero-order chi connectivity index (χ0) is 19.2. The molecule has 0 aliphatic heterocycles. The highest BCUT2D eigenvalue weighted by atomic mass is 19.4. The van der Waals surface area contributed by atoms with E-state index in [1.165, 1.54) is 0 Å². The number of aromatic nitrogens is 1. The minimum Gasteiger partial charge on any atom is -0.481 e. The van der Waals surface area contributed by atoms with Crippen LogP contribution < -0.4 is 14.8 Å². The number of pyridine rings is 1. The molecule has 0 fully saturated rings. The van der Waals surface area contributed by atoms with E-state index >= 15 is 0 Å². The molecule has 0 bridgehead atoms. The van der Waals surface area contributed by atoms with Gasteiger partial charge in [0.05, 0.1) is 5.56 Å². The number of carbonyl (C=O) groups excluding carboxylic acids is 1. The van der Waals surface area contributed by atoms with Crippen LogP contribution in [-0.4, -0.2) is 23.5 Å². The van der Waals surface area contributed by atoms with Gasteiger partial charge in [-0.2, -0.15) is 13.2 Å². The highest BCUT2D eigenvalue weighted by Crippen LogP contribution is 2.30. The molecule has 0 aliphatic rings. The van der Waals surface area contributed by atoms with Crippen molar-refractivity contribution in [2.45, 2.75) is 19.2 Å². The number of amides is 1. The summed E-state index contributed by atoms with van der Waals surface area (Å²) in [5, 5.41) is 2.62. The molecule has 1 amide bonds. The van der Waals surface area contributed by atoms with Gasteiger partial charge in [0, 0.05) is 18.8 Å². The van der Waals surface area contributed by atoms with Crippen LogP contribution in [0.4, 0.5) is 13.2 Å². The molecule has 1 aromatic heterocycles. The van der Waals surface area contributed by atoms with Crippen molar-refractivity contribution in [1.29, 1.82) is 0 Å². The van der Waals surface area contributed by atoms with Gasteiger partial charge >= 0.3 is 6.18 Å². The smallest absolute Gasteiger partial charge is 0.417 e. The van der Waals surface area contributed by atoms with E-state index in [9.17, 15) is 18.0 Å². The predicted octanol–water partition coefficient (Wildman–Crippen LogP) is 3.96. The van der Waals surface area contributed by atoms with Gasteiger partial charge in [-0.3, -0.25) is 4.79 Å². The van der Waals surface area contributed by atoms with Crippen LogP contribution in [0.3, 0.4) is 0 Å². The number of benzene rings is 1. The fourth-order valence-corrected chi connectivity index (χ4v) is 1.89. The third-order valence-corrected chi connectivity index (χ3v) is 3.21. The van der Waals surface area contributed by atoms with E-state index in [0.29, 0.717) is 24.2 Å². The quantitative estimate of drug-likeness (QED) is 0.754. The van der Waals surface area contributed by atoms with Crippen LogP contribution in [-0.2, 0) is 11.0 Å². The van der Waals surface area contributed by atoms with Crippen LogP contribution in [0.15, 0.2) is 55.3 Å². The van der Waals surface area contributed by atoms with E-state index in [-0.39, 0.29) is 11.8 Å². The molecule has 0 aliphatic carbocycles. The van der Waals surface area contributed by atoms with Gasteiger partial charge < -0.3 is 14.8 Å². The molecule has 0 radical (unpaired) electrons. The van der Waals surface area contributed by atoms with E-state index in [2.05, 4.69) is 16.9 Å². The number of halogens is 3. The lowest BCUT2D eigenvalue weighted by atomic mass is 10.3. The first-order chi connectivity index (χ1) is 12.3. The van der Waals surface area contributed by atoms with Crippen LogP contribution in [0.1, 0.15) is 12.5 Å². The predicted molar refractivity (Wildman–Crippen MR) is 89.1 cm³/mol. The molecule has 1 aromatic carbocycles. The number of nitrogens with one attached hydrogen (secondary N) is 1. The second-order valence-corrected chi connectivity index (χ2v) is 5.25. The SMILES string of the molecule is C=CCNC(=O)C(C)Oc1ccc(Oc2ccc(C(F)(F)F)cn2)cc1. The Balaban J connectivity index is 1.95. The Bertz CT molecular complexity index is 744. The van der Waals surface area contributed by atoms with E-state index in [0.717, 1.165) is 12.1 Å². The number of hydrogen-bond acceptors (Lipinski definition) is 4. The maximum absolute atomic E-state index is 12.5. The van der Waals surface area contributed by atoms with Gasteiger partial charge in [0.25, 0.3) is 5.91 Å². The summed E-state index contributed by atoms with van der Waals surface area (Å²) >= 11 is 0. The Hall–Kier alpha value is -3.03. The van der Waals surface area contributed by atoms with Crippen LogP contribution in [0.5, 0.6) is 17.4 Å². The van der Waals surface area contributed by atoms with Crippen LogP contribution in [0.2, 0.25) is 0 Å². The van der Waals surface area contributed by atoms with Crippen molar-refractivity contribution in [1.82, 2.24) is 10.3 Å². The minimum atomic E-state index is -4.45. The Kier molecular flexibility index (Phi) is 6.21. The molecular formula is C18H17F3N2O3. The third kappa shape index (κ3) is 5.51. The third-order valence-electron chi connectivity index (χ3n) is 3.21. The molecule has 0 saturated heterocycles. The second-order valence-electron chi connectivity index (χ2n) is 5.25. The Morgan fingerprint density at radius 1 is 1.23 bits per heavy atom. The average Bonchev–Trinajstić information content (AvgIpc) is 2.61. The molecule has 0 spiro atoms. The van der Waals surface area contributed by atoms with Crippen LogP contribution in [0, 0.1) is 0 Å². The summed E-state index contributed by atoms with van der Waals surface area (Å²) in [7, 11) is 0. The van der Waals surface area contributed by atoms with Crippen LogP contribution >= 0.6 is 0 Å². The summed E-state index contributed by atoms with van der Waals surface area (Å²) in [5.74, 6) is 0.565. The van der Waals surface area contributed by atoms with Gasteiger partial charge in [-0.25, -0.2) is 4.98 Å². The second kappa shape index (κ2) is 8.37. The first-order valence-corrected chi connectivity index (χ1v) is 7.66. The number of alkyl halides is 3. The maximum atomic E-state index is 12.5. The van der Waals surface area contributed by atoms with Crippen molar-refractivity contribution in [3.8, 4) is 17.4 Å². The molecule has 26 heavy (non-hydrogen) atoms. The lowest BCUT2D eigenvalue weighted by molar-refractivity contribution is -0.137. The number of nitrogens with zero attached hydrogens (tertiary/aromatic N) is 1. The molecule has 1 N–H and O–H groups in total. The van der Waals surface area contributed by atoms with Gasteiger partial charge in [-0.15, -0.1) is 6.58 Å². The topological polar surface area (TPSA) is 60.5 Å². The molecule has 0 saturated carbocycles. The lowest BCUT2D eigenvalue weighted by Crippen LogP contribution is -2.36. The van der Waals surface area contributed by atoms with Gasteiger partial charge in [0.15, 0.2) is 6.10 Å². The largest absolute Gasteiger partial charge is 0.481 e. The van der Waals surface area contributed by atoms with Gasteiger partial charge in [0.2, 0.25) is 5.88 Å². The summed E-state index contributed by atoms with van der Waals surface area (Å²) in [6.45, 7) is 5.46. The first-order valence-electron chi connectivity index (χ1n) is 7.66.